The van der Waals surface area contributed by atoms with Gasteiger partial charge < -0.3 is 19.2 Å². The van der Waals surface area contributed by atoms with E-state index in [9.17, 15) is 9.59 Å². The van der Waals surface area contributed by atoms with E-state index >= 15 is 0 Å². The van der Waals surface area contributed by atoms with Gasteiger partial charge in [0, 0.05) is 68.3 Å². The van der Waals surface area contributed by atoms with E-state index in [2.05, 4.69) is 61.6 Å². The van der Waals surface area contributed by atoms with Crippen molar-refractivity contribution in [2.75, 3.05) is 33.2 Å². The van der Waals surface area contributed by atoms with Gasteiger partial charge in [-0.25, -0.2) is 4.98 Å². The van der Waals surface area contributed by atoms with E-state index in [1.807, 2.05) is 69.8 Å². The molecule has 2 aromatic carbocycles. The van der Waals surface area contributed by atoms with Crippen LogP contribution in [0, 0.1) is 5.41 Å². The largest absolute Gasteiger partial charge is 0.337 e. The maximum absolute atomic E-state index is 14.7. The molecule has 0 saturated carbocycles. The molecular weight excluding hydrogens is 608 g/mol. The Morgan fingerprint density at radius 1 is 1.02 bits per heavy atom. The van der Waals surface area contributed by atoms with Crippen LogP contribution in [0.15, 0.2) is 85.6 Å². The van der Waals surface area contributed by atoms with Crippen LogP contribution in [0.5, 0.6) is 0 Å². The summed E-state index contributed by atoms with van der Waals surface area (Å²) >= 11 is 6.47. The Hall–Kier alpha value is -3.85. The van der Waals surface area contributed by atoms with Crippen LogP contribution in [-0.2, 0) is 35.5 Å². The summed E-state index contributed by atoms with van der Waals surface area (Å²) in [6.45, 7) is 10.1. The second-order valence-corrected chi connectivity index (χ2v) is 14.1. The van der Waals surface area contributed by atoms with Crippen LogP contribution in [0.3, 0.4) is 0 Å². The maximum atomic E-state index is 14.7. The van der Waals surface area contributed by atoms with E-state index in [1.165, 1.54) is 16.7 Å². The van der Waals surface area contributed by atoms with Crippen molar-refractivity contribution in [1.82, 2.24) is 29.2 Å². The van der Waals surface area contributed by atoms with E-state index in [0.29, 0.717) is 19.6 Å². The minimum Gasteiger partial charge on any atom is -0.337 e. The number of carbonyl (C=O) groups excluding carboxylic acids is 2. The van der Waals surface area contributed by atoms with Crippen molar-refractivity contribution in [3.8, 4) is 0 Å². The zero-order chi connectivity index (χ0) is 33.4. The van der Waals surface area contributed by atoms with E-state index < -0.39 is 0 Å². The third-order valence-electron chi connectivity index (χ3n) is 8.77. The molecule has 1 saturated heterocycles. The van der Waals surface area contributed by atoms with Crippen LogP contribution in [-0.4, -0.2) is 80.7 Å². The number of fused-ring (bicyclic) bond motifs is 2. The molecule has 3 heterocycles. The van der Waals surface area contributed by atoms with Gasteiger partial charge in [0.05, 0.1) is 18.1 Å². The summed E-state index contributed by atoms with van der Waals surface area (Å²) in [5, 5.41) is 0.749. The molecular formula is C38H47ClN6O2. The Morgan fingerprint density at radius 3 is 2.51 bits per heavy atom. The standard InChI is InChI=1S/C33H37ClN6O.C5H10O/c1-37-19-20-40(32-29-13-12-28(34)21-27(29)11-10-26-9-5-14-36-31(26)32)30(23-37)33(41)39(22-25-7-3-2-4-8-25)17-6-16-38-18-15-35-24-38;1-5(2,3)4-6/h2-5,7-9,12-15,18,21,24,30,32H,6,10-11,16-17,19-20,22-23H2,1H3;4H,1-3H3/t30-,32?;/m1./s1. The average Bonchev–Trinajstić information content (AvgIpc) is 3.53. The summed E-state index contributed by atoms with van der Waals surface area (Å²) in [5.74, 6) is 0.170. The summed E-state index contributed by atoms with van der Waals surface area (Å²) in [6.07, 6.45) is 11.1. The van der Waals surface area contributed by atoms with Gasteiger partial charge in [-0.1, -0.05) is 74.8 Å². The molecule has 2 aromatic heterocycles. The predicted octanol–water partition coefficient (Wildman–Crippen LogP) is 6.09. The fourth-order valence-electron chi connectivity index (χ4n) is 6.33. The number of benzene rings is 2. The highest BCUT2D eigenvalue weighted by Gasteiger charge is 2.41. The third-order valence-corrected chi connectivity index (χ3v) is 9.01. The lowest BCUT2D eigenvalue weighted by Gasteiger charge is -2.45. The first-order chi connectivity index (χ1) is 22.6. The van der Waals surface area contributed by atoms with E-state index in [0.717, 1.165) is 61.5 Å². The summed E-state index contributed by atoms with van der Waals surface area (Å²) in [7, 11) is 2.12. The number of likely N-dealkylation sites (N-methyl/N-ethyl adjacent to an activating group) is 1. The number of carbonyl (C=O) groups is 2. The molecule has 0 spiro atoms. The van der Waals surface area contributed by atoms with E-state index in [-0.39, 0.29) is 23.4 Å². The van der Waals surface area contributed by atoms with Gasteiger partial charge >= 0.3 is 0 Å². The first kappa shape index (κ1) is 34.5. The molecule has 0 N–H and O–H groups in total. The number of amides is 1. The smallest absolute Gasteiger partial charge is 0.241 e. The summed E-state index contributed by atoms with van der Waals surface area (Å²) in [6, 6.07) is 20.3. The molecule has 2 atom stereocenters. The molecule has 1 aliphatic heterocycles. The van der Waals surface area contributed by atoms with Gasteiger partial charge in [0.25, 0.3) is 0 Å². The predicted molar refractivity (Wildman–Crippen MR) is 187 cm³/mol. The first-order valence-corrected chi connectivity index (χ1v) is 16.9. The molecule has 1 unspecified atom stereocenters. The second kappa shape index (κ2) is 15.8. The van der Waals surface area contributed by atoms with Crippen LogP contribution in [0.25, 0.3) is 0 Å². The number of aldehydes is 1. The topological polar surface area (TPSA) is 74.6 Å². The molecule has 8 nitrogen and oxygen atoms in total. The van der Waals surface area contributed by atoms with Crippen LogP contribution < -0.4 is 0 Å². The first-order valence-electron chi connectivity index (χ1n) is 16.5. The SMILES string of the molecule is CC(C)(C)C=O.CN1CCN(C2c3ccc(Cl)cc3CCc3cccnc32)[C@@H](C(=O)N(CCCn2ccnc2)Cc2ccccc2)C1. The lowest BCUT2D eigenvalue weighted by atomic mass is 9.94. The van der Waals surface area contributed by atoms with E-state index in [4.69, 9.17) is 16.6 Å². The molecule has 1 amide bonds. The van der Waals surface area contributed by atoms with Crippen molar-refractivity contribution in [2.24, 2.45) is 5.41 Å². The number of piperazine rings is 1. The maximum Gasteiger partial charge on any atom is 0.241 e. The Bertz CT molecular complexity index is 1600. The van der Waals surface area contributed by atoms with Crippen molar-refractivity contribution in [3.63, 3.8) is 0 Å². The summed E-state index contributed by atoms with van der Waals surface area (Å²) < 4.78 is 2.07. The Labute approximate surface area is 284 Å². The van der Waals surface area contributed by atoms with Crippen LogP contribution in [0.4, 0.5) is 0 Å². The Balaban J connectivity index is 0.000000662. The van der Waals surface area contributed by atoms with Gasteiger partial charge in [0.15, 0.2) is 0 Å². The third kappa shape index (κ3) is 9.15. The van der Waals surface area contributed by atoms with Gasteiger partial charge in [-0.3, -0.25) is 14.7 Å². The summed E-state index contributed by atoms with van der Waals surface area (Å²) in [5.41, 5.74) is 5.76. The number of hydrogen-bond acceptors (Lipinski definition) is 6. The second-order valence-electron chi connectivity index (χ2n) is 13.7. The van der Waals surface area contributed by atoms with Gasteiger partial charge in [-0.15, -0.1) is 0 Å². The Kier molecular flexibility index (Phi) is 11.6. The van der Waals surface area contributed by atoms with Crippen LogP contribution in [0.2, 0.25) is 5.02 Å². The van der Waals surface area contributed by atoms with Crippen LogP contribution >= 0.6 is 11.6 Å². The molecule has 0 bridgehead atoms. The number of pyridine rings is 1. The molecule has 1 fully saturated rings. The van der Waals surface area contributed by atoms with Crippen molar-refractivity contribution in [1.29, 1.82) is 0 Å². The average molecular weight is 655 g/mol. The lowest BCUT2D eigenvalue weighted by Crippen LogP contribution is -2.59. The monoisotopic (exact) mass is 654 g/mol. The number of halogens is 1. The van der Waals surface area contributed by atoms with Gasteiger partial charge in [0.1, 0.15) is 12.3 Å². The zero-order valence-corrected chi connectivity index (χ0v) is 28.8. The minimum absolute atomic E-state index is 0.104. The number of imidazole rings is 1. The number of hydrogen-bond donors (Lipinski definition) is 0. The number of rotatable bonds is 8. The van der Waals surface area contributed by atoms with Gasteiger partial charge in [0.2, 0.25) is 5.91 Å². The van der Waals surface area contributed by atoms with Crippen LogP contribution in [0.1, 0.15) is 61.2 Å². The molecule has 6 rings (SSSR count). The minimum atomic E-state index is -0.299. The summed E-state index contributed by atoms with van der Waals surface area (Å²) in [4.78, 5) is 40.3. The van der Waals surface area contributed by atoms with E-state index in [1.54, 1.807) is 6.20 Å². The van der Waals surface area contributed by atoms with Crippen molar-refractivity contribution in [3.05, 3.63) is 119 Å². The lowest BCUT2D eigenvalue weighted by molar-refractivity contribution is -0.141. The number of nitrogens with zero attached hydrogens (tertiary/aromatic N) is 6. The fraction of sp³-hybridized carbons (Fsp3) is 0.421. The highest BCUT2D eigenvalue weighted by molar-refractivity contribution is 6.30. The molecule has 9 heteroatoms. The van der Waals surface area contributed by atoms with Gasteiger partial charge in [-0.2, -0.15) is 0 Å². The van der Waals surface area contributed by atoms with Crippen molar-refractivity contribution in [2.45, 2.75) is 65.2 Å². The highest BCUT2D eigenvalue weighted by atomic mass is 35.5. The highest BCUT2D eigenvalue weighted by Crippen LogP contribution is 2.38. The Morgan fingerprint density at radius 2 is 1.79 bits per heavy atom. The molecule has 2 aliphatic rings. The molecule has 4 aromatic rings. The number of aromatic nitrogens is 3. The molecule has 47 heavy (non-hydrogen) atoms. The zero-order valence-electron chi connectivity index (χ0n) is 28.1. The quantitative estimate of drug-likeness (QED) is 0.214. The fourth-order valence-corrected chi connectivity index (χ4v) is 6.52. The normalized spacial score (nSPS) is 18.2. The number of aryl methyl sites for hydroxylation is 3. The van der Waals surface area contributed by atoms with Crippen molar-refractivity contribution < 1.29 is 9.59 Å². The molecule has 1 aliphatic carbocycles. The van der Waals surface area contributed by atoms with Crippen molar-refractivity contribution >= 4 is 23.8 Å². The van der Waals surface area contributed by atoms with Gasteiger partial charge in [-0.05, 0) is 66.8 Å². The molecule has 248 valence electrons. The molecule has 0 radical (unpaired) electrons.